The molecule has 1 saturated heterocycles. The second-order valence-electron chi connectivity index (χ2n) is 6.15. The lowest BCUT2D eigenvalue weighted by Gasteiger charge is -2.18. The summed E-state index contributed by atoms with van der Waals surface area (Å²) in [6.45, 7) is 0.436. The third kappa shape index (κ3) is 4.99. The summed E-state index contributed by atoms with van der Waals surface area (Å²) in [6, 6.07) is 6.96. The predicted molar refractivity (Wildman–Crippen MR) is 91.8 cm³/mol. The summed E-state index contributed by atoms with van der Waals surface area (Å²) in [5.74, 6) is -0.200. The minimum absolute atomic E-state index is 0.0113. The number of sulfone groups is 1. The van der Waals surface area contributed by atoms with Gasteiger partial charge < -0.3 is 5.32 Å². The zero-order valence-corrected chi connectivity index (χ0v) is 14.9. The fraction of sp³-hybridized carbons (Fsp3) is 0.467. The summed E-state index contributed by atoms with van der Waals surface area (Å²) in [4.78, 5) is 12.4. The van der Waals surface area contributed by atoms with E-state index in [4.69, 9.17) is 11.6 Å². The van der Waals surface area contributed by atoms with Gasteiger partial charge in [-0.15, -0.1) is 5.10 Å². The molecule has 2 aromatic rings. The molecule has 0 radical (unpaired) electrons. The van der Waals surface area contributed by atoms with Crippen LogP contribution in [0, 0.1) is 0 Å². The zero-order chi connectivity index (χ0) is 17.9. The van der Waals surface area contributed by atoms with Crippen molar-refractivity contribution in [2.24, 2.45) is 0 Å². The molecule has 0 saturated carbocycles. The van der Waals surface area contributed by atoms with Crippen LogP contribution in [0.25, 0.3) is 0 Å². The number of carbonyl (C=O) groups excluding carboxylic acids is 1. The minimum atomic E-state index is -3.03. The quantitative estimate of drug-likeness (QED) is 0.790. The SMILES string of the molecule is O=C(C[C@@H](Cn1cnnn1)c1ccc(Cl)cc1)N[C@H]1CCS(=O)(=O)C1. The molecule has 25 heavy (non-hydrogen) atoms. The van der Waals surface area contributed by atoms with Crippen LogP contribution in [0.15, 0.2) is 30.6 Å². The fourth-order valence-corrected chi connectivity index (χ4v) is 4.73. The third-order valence-electron chi connectivity index (χ3n) is 4.17. The molecule has 0 spiro atoms. The predicted octanol–water partition coefficient (Wildman–Crippen LogP) is 0.804. The molecule has 1 amide bonds. The van der Waals surface area contributed by atoms with Crippen LogP contribution in [-0.4, -0.2) is 52.1 Å². The summed E-state index contributed by atoms with van der Waals surface area (Å²) in [5, 5.41) is 14.5. The Bertz CT molecular complexity index is 823. The number of nitrogens with one attached hydrogen (secondary N) is 1. The molecule has 1 N–H and O–H groups in total. The van der Waals surface area contributed by atoms with E-state index in [0.717, 1.165) is 5.56 Å². The molecule has 0 unspecified atom stereocenters. The maximum Gasteiger partial charge on any atom is 0.220 e. The van der Waals surface area contributed by atoms with Gasteiger partial charge in [-0.2, -0.15) is 0 Å². The van der Waals surface area contributed by atoms with Crippen LogP contribution in [0.1, 0.15) is 24.3 Å². The number of hydrogen-bond donors (Lipinski definition) is 1. The lowest BCUT2D eigenvalue weighted by molar-refractivity contribution is -0.122. The van der Waals surface area contributed by atoms with Gasteiger partial charge in [-0.1, -0.05) is 23.7 Å². The summed E-state index contributed by atoms with van der Waals surface area (Å²) in [7, 11) is -3.03. The van der Waals surface area contributed by atoms with E-state index in [9.17, 15) is 13.2 Å². The monoisotopic (exact) mass is 383 g/mol. The molecule has 134 valence electrons. The van der Waals surface area contributed by atoms with E-state index in [2.05, 4.69) is 20.8 Å². The van der Waals surface area contributed by atoms with E-state index in [1.54, 1.807) is 16.8 Å². The first-order chi connectivity index (χ1) is 11.9. The van der Waals surface area contributed by atoms with Crippen molar-refractivity contribution in [1.82, 2.24) is 25.5 Å². The van der Waals surface area contributed by atoms with Gasteiger partial charge in [0.25, 0.3) is 0 Å². The first kappa shape index (κ1) is 17.8. The standard InChI is InChI=1S/C15H18ClN5O3S/c16-13-3-1-11(2-4-13)12(8-21-10-17-19-20-21)7-15(22)18-14-5-6-25(23,24)9-14/h1-4,10,12,14H,5-9H2,(H,18,22)/t12-,14-/m0/s1. The number of amides is 1. The van der Waals surface area contributed by atoms with Gasteiger partial charge in [-0.05, 0) is 34.5 Å². The second kappa shape index (κ2) is 7.49. The molecule has 1 aromatic carbocycles. The van der Waals surface area contributed by atoms with Crippen molar-refractivity contribution in [3.8, 4) is 0 Å². The van der Waals surface area contributed by atoms with Gasteiger partial charge in [-0.25, -0.2) is 13.1 Å². The van der Waals surface area contributed by atoms with Crippen LogP contribution < -0.4 is 5.32 Å². The smallest absolute Gasteiger partial charge is 0.220 e. The molecule has 1 aliphatic heterocycles. The molecule has 8 nitrogen and oxygen atoms in total. The topological polar surface area (TPSA) is 107 Å². The number of carbonyl (C=O) groups is 1. The van der Waals surface area contributed by atoms with Crippen LogP contribution in [0.2, 0.25) is 5.02 Å². The molecule has 0 bridgehead atoms. The van der Waals surface area contributed by atoms with Crippen LogP contribution >= 0.6 is 11.6 Å². The van der Waals surface area contributed by atoms with Gasteiger partial charge in [0.15, 0.2) is 9.84 Å². The molecule has 10 heteroatoms. The largest absolute Gasteiger partial charge is 0.352 e. The normalized spacial score (nSPS) is 20.3. The van der Waals surface area contributed by atoms with Gasteiger partial charge >= 0.3 is 0 Å². The number of nitrogens with zero attached hydrogens (tertiary/aromatic N) is 4. The van der Waals surface area contributed by atoms with E-state index in [-0.39, 0.29) is 35.8 Å². The Morgan fingerprint density at radius 3 is 2.72 bits per heavy atom. The molecule has 3 rings (SSSR count). The van der Waals surface area contributed by atoms with Crippen molar-refractivity contribution in [2.45, 2.75) is 31.3 Å². The van der Waals surface area contributed by atoms with E-state index in [0.29, 0.717) is 18.0 Å². The van der Waals surface area contributed by atoms with Crippen LogP contribution in [-0.2, 0) is 21.2 Å². The number of tetrazole rings is 1. The summed E-state index contributed by atoms with van der Waals surface area (Å²) in [5.41, 5.74) is 0.939. The Kier molecular flexibility index (Phi) is 5.33. The van der Waals surface area contributed by atoms with Gasteiger partial charge in [0.2, 0.25) is 5.91 Å². The van der Waals surface area contributed by atoms with Crippen molar-refractivity contribution in [2.75, 3.05) is 11.5 Å². The van der Waals surface area contributed by atoms with Crippen molar-refractivity contribution in [3.63, 3.8) is 0 Å². The molecule has 0 aliphatic carbocycles. The highest BCUT2D eigenvalue weighted by Gasteiger charge is 2.29. The lowest BCUT2D eigenvalue weighted by Crippen LogP contribution is -2.36. The molecule has 1 fully saturated rings. The molecule has 1 aromatic heterocycles. The van der Waals surface area contributed by atoms with Gasteiger partial charge in [0.05, 0.1) is 18.1 Å². The van der Waals surface area contributed by atoms with Gasteiger partial charge in [0.1, 0.15) is 6.33 Å². The Balaban J connectivity index is 1.68. The second-order valence-corrected chi connectivity index (χ2v) is 8.82. The highest BCUT2D eigenvalue weighted by atomic mass is 35.5. The number of hydrogen-bond acceptors (Lipinski definition) is 6. The number of benzene rings is 1. The zero-order valence-electron chi connectivity index (χ0n) is 13.4. The average Bonchev–Trinajstić information content (AvgIpc) is 3.17. The Hall–Kier alpha value is -2.00. The van der Waals surface area contributed by atoms with E-state index >= 15 is 0 Å². The fourth-order valence-electron chi connectivity index (χ4n) is 2.93. The lowest BCUT2D eigenvalue weighted by atomic mass is 9.95. The molecular weight excluding hydrogens is 366 g/mol. The first-order valence-electron chi connectivity index (χ1n) is 7.87. The highest BCUT2D eigenvalue weighted by molar-refractivity contribution is 7.91. The molecule has 2 atom stereocenters. The molecule has 1 aliphatic rings. The Morgan fingerprint density at radius 1 is 1.36 bits per heavy atom. The summed E-state index contributed by atoms with van der Waals surface area (Å²) < 4.78 is 24.6. The third-order valence-corrected chi connectivity index (χ3v) is 6.19. The van der Waals surface area contributed by atoms with E-state index in [1.807, 2.05) is 12.1 Å². The van der Waals surface area contributed by atoms with E-state index < -0.39 is 9.84 Å². The number of halogens is 1. The average molecular weight is 384 g/mol. The number of rotatable bonds is 6. The highest BCUT2D eigenvalue weighted by Crippen LogP contribution is 2.24. The van der Waals surface area contributed by atoms with Gasteiger partial charge in [-0.3, -0.25) is 4.79 Å². The summed E-state index contributed by atoms with van der Waals surface area (Å²) in [6.07, 6.45) is 2.16. The van der Waals surface area contributed by atoms with Gasteiger partial charge in [0, 0.05) is 23.4 Å². The number of aromatic nitrogens is 4. The Morgan fingerprint density at radius 2 is 2.12 bits per heavy atom. The van der Waals surface area contributed by atoms with Crippen LogP contribution in [0.5, 0.6) is 0 Å². The van der Waals surface area contributed by atoms with Crippen LogP contribution in [0.3, 0.4) is 0 Å². The maximum absolute atomic E-state index is 12.4. The van der Waals surface area contributed by atoms with E-state index in [1.165, 1.54) is 6.33 Å². The van der Waals surface area contributed by atoms with Crippen molar-refractivity contribution in [3.05, 3.63) is 41.2 Å². The van der Waals surface area contributed by atoms with Crippen molar-refractivity contribution < 1.29 is 13.2 Å². The Labute approximate surface area is 150 Å². The van der Waals surface area contributed by atoms with Crippen LogP contribution in [0.4, 0.5) is 0 Å². The van der Waals surface area contributed by atoms with Crippen molar-refractivity contribution >= 4 is 27.3 Å². The first-order valence-corrected chi connectivity index (χ1v) is 10.1. The molecule has 2 heterocycles. The van der Waals surface area contributed by atoms with Crippen molar-refractivity contribution in [1.29, 1.82) is 0 Å². The molecular formula is C15H18ClN5O3S. The minimum Gasteiger partial charge on any atom is -0.352 e. The summed E-state index contributed by atoms with van der Waals surface area (Å²) >= 11 is 5.93. The maximum atomic E-state index is 12.4.